The standard InChI is InChI=1S/C6H15O10P.Ca.2H/c7-1-2(8)3(9)4(10)5(11)6(12)16-17(13,14)15;;;/h2-12H,1H2,(H2,13,14,15);;;/q;+2;2*-1/t2-,3-,4+,5+,6?;;;/m1.../s1. The zero-order valence-corrected chi connectivity index (χ0v) is 12.2. The average molecular weight is 320 g/mol. The Labute approximate surface area is 135 Å². The van der Waals surface area contributed by atoms with E-state index in [9.17, 15) is 9.67 Å². The number of phosphoric ester groups is 1. The minimum absolute atomic E-state index is 0. The van der Waals surface area contributed by atoms with Gasteiger partial charge in [-0.05, 0) is 0 Å². The molecule has 0 fully saturated rings. The van der Waals surface area contributed by atoms with Crippen LogP contribution in [0.4, 0.5) is 0 Å². The third-order valence-electron chi connectivity index (χ3n) is 1.82. The first-order valence-electron chi connectivity index (χ1n) is 4.35. The minimum atomic E-state index is -5.09. The van der Waals surface area contributed by atoms with E-state index in [1.54, 1.807) is 0 Å². The monoisotopic (exact) mass is 320 g/mol. The fraction of sp³-hybridized carbons (Fsp3) is 1.00. The number of aliphatic hydroxyl groups is 6. The van der Waals surface area contributed by atoms with Gasteiger partial charge in [0.05, 0.1) is 6.61 Å². The van der Waals surface area contributed by atoms with Crippen molar-refractivity contribution < 1.29 is 52.4 Å². The Kier molecular flexibility index (Phi) is 10.9. The molecular formula is C6H17CaO10P. The predicted molar refractivity (Wildman–Crippen MR) is 58.2 cm³/mol. The summed E-state index contributed by atoms with van der Waals surface area (Å²) in [6, 6.07) is 0. The van der Waals surface area contributed by atoms with Crippen LogP contribution in [0.15, 0.2) is 0 Å². The molecule has 18 heavy (non-hydrogen) atoms. The van der Waals surface area contributed by atoms with E-state index in [4.69, 9.17) is 35.3 Å². The molecule has 0 amide bonds. The van der Waals surface area contributed by atoms with Gasteiger partial charge in [-0.2, -0.15) is 0 Å². The van der Waals surface area contributed by atoms with Gasteiger partial charge in [-0.1, -0.05) is 0 Å². The van der Waals surface area contributed by atoms with Gasteiger partial charge in [-0.3, -0.25) is 4.52 Å². The maximum Gasteiger partial charge on any atom is 2.00 e. The van der Waals surface area contributed by atoms with Crippen LogP contribution < -0.4 is 0 Å². The molecule has 0 aromatic carbocycles. The molecule has 10 nitrogen and oxygen atoms in total. The van der Waals surface area contributed by atoms with Gasteiger partial charge in [0.25, 0.3) is 0 Å². The normalized spacial score (nSPS) is 20.4. The third kappa shape index (κ3) is 7.65. The zero-order valence-electron chi connectivity index (χ0n) is 11.1. The molecule has 0 radical (unpaired) electrons. The van der Waals surface area contributed by atoms with Crippen LogP contribution in [0.25, 0.3) is 0 Å². The first-order chi connectivity index (χ1) is 7.60. The Morgan fingerprint density at radius 1 is 1.00 bits per heavy atom. The van der Waals surface area contributed by atoms with Gasteiger partial charge in [-0.25, -0.2) is 4.57 Å². The van der Waals surface area contributed by atoms with Crippen LogP contribution in [0.2, 0.25) is 0 Å². The number of rotatable bonds is 7. The van der Waals surface area contributed by atoms with E-state index in [1.807, 2.05) is 0 Å². The smallest absolute Gasteiger partial charge is 1.00 e. The molecule has 0 heterocycles. The summed E-state index contributed by atoms with van der Waals surface area (Å²) in [7, 11) is -5.09. The van der Waals surface area contributed by atoms with E-state index in [0.717, 1.165) is 0 Å². The number of phosphoric acid groups is 1. The molecule has 0 saturated heterocycles. The van der Waals surface area contributed by atoms with Gasteiger partial charge in [0.1, 0.15) is 24.4 Å². The quantitative estimate of drug-likeness (QED) is 0.129. The second kappa shape index (κ2) is 9.14. The van der Waals surface area contributed by atoms with Crippen LogP contribution in [0, 0.1) is 0 Å². The molecule has 0 spiro atoms. The molecule has 0 aromatic heterocycles. The second-order valence-electron chi connectivity index (χ2n) is 3.21. The SMILES string of the molecule is O=P(O)(O)OC(O)[C@@H](O)[C@@H](O)[C@H](O)[C@H](O)CO.[Ca+2].[H-].[H-]. The first kappa shape index (κ1) is 21.4. The Bertz CT molecular complexity index is 280. The summed E-state index contributed by atoms with van der Waals surface area (Å²) in [6.07, 6.45) is -10.8. The summed E-state index contributed by atoms with van der Waals surface area (Å²) < 4.78 is 13.9. The van der Waals surface area contributed by atoms with Crippen molar-refractivity contribution in [3.63, 3.8) is 0 Å². The number of hydrogen-bond acceptors (Lipinski definition) is 8. The van der Waals surface area contributed by atoms with Crippen LogP contribution in [-0.4, -0.2) is 115 Å². The van der Waals surface area contributed by atoms with Crippen molar-refractivity contribution in [2.75, 3.05) is 6.61 Å². The molecule has 0 rings (SSSR count). The molecule has 0 aliphatic carbocycles. The first-order valence-corrected chi connectivity index (χ1v) is 5.88. The van der Waals surface area contributed by atoms with Gasteiger partial charge < -0.3 is 43.3 Å². The molecule has 0 aliphatic heterocycles. The summed E-state index contributed by atoms with van der Waals surface area (Å²) in [6.45, 7) is -0.930. The van der Waals surface area contributed by atoms with Gasteiger partial charge >= 0.3 is 45.6 Å². The van der Waals surface area contributed by atoms with Crippen molar-refractivity contribution in [1.29, 1.82) is 0 Å². The average Bonchev–Trinajstić information content (AvgIpc) is 2.22. The van der Waals surface area contributed by atoms with Gasteiger partial charge in [0, 0.05) is 0 Å². The van der Waals surface area contributed by atoms with Crippen molar-refractivity contribution >= 4 is 45.6 Å². The Balaban J connectivity index is -0.000000427. The third-order valence-corrected chi connectivity index (χ3v) is 2.31. The van der Waals surface area contributed by atoms with Crippen molar-refractivity contribution in [2.45, 2.75) is 30.7 Å². The minimum Gasteiger partial charge on any atom is -1.00 e. The van der Waals surface area contributed by atoms with E-state index < -0.39 is 45.1 Å². The Hall–Kier alpha value is 1.13. The van der Waals surface area contributed by atoms with E-state index >= 15 is 0 Å². The maximum absolute atomic E-state index is 10.3. The van der Waals surface area contributed by atoms with E-state index in [1.165, 1.54) is 0 Å². The van der Waals surface area contributed by atoms with Gasteiger partial charge in [0.15, 0.2) is 6.29 Å². The van der Waals surface area contributed by atoms with Crippen LogP contribution in [0.3, 0.4) is 0 Å². The summed E-state index contributed by atoms with van der Waals surface area (Å²) in [5, 5.41) is 53.8. The van der Waals surface area contributed by atoms with Crippen LogP contribution in [-0.2, 0) is 9.09 Å². The molecular weight excluding hydrogens is 303 g/mol. The molecule has 12 heteroatoms. The molecule has 5 atom stereocenters. The van der Waals surface area contributed by atoms with Gasteiger partial charge in [0.2, 0.25) is 0 Å². The Morgan fingerprint density at radius 3 is 1.78 bits per heavy atom. The van der Waals surface area contributed by atoms with Crippen LogP contribution >= 0.6 is 7.82 Å². The number of aliphatic hydroxyl groups excluding tert-OH is 6. The van der Waals surface area contributed by atoms with Crippen LogP contribution in [0.1, 0.15) is 2.85 Å². The van der Waals surface area contributed by atoms with Gasteiger partial charge in [-0.15, -0.1) is 0 Å². The predicted octanol–water partition coefficient (Wildman–Crippen LogP) is -4.31. The largest absolute Gasteiger partial charge is 2.00 e. The molecule has 0 bridgehead atoms. The molecule has 0 aliphatic rings. The fourth-order valence-corrected chi connectivity index (χ4v) is 1.32. The van der Waals surface area contributed by atoms with E-state index in [2.05, 4.69) is 4.52 Å². The summed E-state index contributed by atoms with van der Waals surface area (Å²) in [5.74, 6) is 0. The number of hydrogen-bond donors (Lipinski definition) is 8. The van der Waals surface area contributed by atoms with Crippen molar-refractivity contribution in [1.82, 2.24) is 0 Å². The molecule has 8 N–H and O–H groups in total. The second-order valence-corrected chi connectivity index (χ2v) is 4.40. The molecule has 0 saturated carbocycles. The maximum atomic E-state index is 10.3. The Morgan fingerprint density at radius 2 is 1.44 bits per heavy atom. The molecule has 108 valence electrons. The topological polar surface area (TPSA) is 188 Å². The molecule has 1 unspecified atom stereocenters. The summed E-state index contributed by atoms with van der Waals surface area (Å²) in [5.41, 5.74) is 0. The fourth-order valence-electron chi connectivity index (χ4n) is 0.909. The van der Waals surface area contributed by atoms with E-state index in [-0.39, 0.29) is 40.6 Å². The van der Waals surface area contributed by atoms with Crippen molar-refractivity contribution in [3.8, 4) is 0 Å². The zero-order chi connectivity index (χ0) is 13.8. The van der Waals surface area contributed by atoms with Crippen molar-refractivity contribution in [3.05, 3.63) is 0 Å². The van der Waals surface area contributed by atoms with Crippen LogP contribution in [0.5, 0.6) is 0 Å². The van der Waals surface area contributed by atoms with Crippen molar-refractivity contribution in [2.24, 2.45) is 0 Å². The summed E-state index contributed by atoms with van der Waals surface area (Å²) in [4.78, 5) is 16.6. The molecule has 0 aromatic rings. The van der Waals surface area contributed by atoms with E-state index in [0.29, 0.717) is 0 Å². The summed E-state index contributed by atoms with van der Waals surface area (Å²) >= 11 is 0.